The molecule has 1 aliphatic heterocycles. The Balaban J connectivity index is 1.08. The van der Waals surface area contributed by atoms with Crippen molar-refractivity contribution >= 4 is 83.2 Å². The molecule has 63 heavy (non-hydrogen) atoms. The maximum Gasteiger partial charge on any atom is 0.262 e. The number of carbonyl (C=O) groups is 2. The van der Waals surface area contributed by atoms with Crippen LogP contribution in [0.1, 0.15) is 114 Å². The Labute approximate surface area is 381 Å². The molecule has 2 heterocycles. The maximum absolute atomic E-state index is 14.4. The summed E-state index contributed by atoms with van der Waals surface area (Å²) in [5.41, 5.74) is 3.21. The van der Waals surface area contributed by atoms with Gasteiger partial charge in [-0.1, -0.05) is 143 Å². The number of rotatable bonds is 24. The monoisotopic (exact) mass is 937 g/mol. The Bertz CT molecular complexity index is 2600. The first-order valence-electron chi connectivity index (χ1n) is 21.9. The SMILES string of the molecule is CCCCCCCCCCCCCCCCNS(=O)(=O)c1ccc(Cl)c(NS(=O)(=O)c2ccc(Cl)c(NC(=O)C(C(=O)N3CCc4ccccc43)n3nnc4cc(C)ccc43)c2)c1. The number of hydrogen-bond acceptors (Lipinski definition) is 8. The molecule has 13 nitrogen and oxygen atoms in total. The Hall–Kier alpha value is -4.54. The molecule has 2 amide bonds. The van der Waals surface area contributed by atoms with E-state index in [0.29, 0.717) is 36.1 Å². The molecule has 0 radical (unpaired) electrons. The fourth-order valence-electron chi connectivity index (χ4n) is 7.82. The zero-order valence-electron chi connectivity index (χ0n) is 35.9. The van der Waals surface area contributed by atoms with E-state index in [1.165, 1.54) is 98.1 Å². The highest BCUT2D eigenvalue weighted by Gasteiger charge is 2.38. The Kier molecular flexibility index (Phi) is 17.0. The predicted octanol–water partition coefficient (Wildman–Crippen LogP) is 10.4. The molecule has 0 saturated carbocycles. The molecule has 0 saturated heterocycles. The molecule has 4 aromatic carbocycles. The van der Waals surface area contributed by atoms with Gasteiger partial charge in [-0.3, -0.25) is 14.3 Å². The van der Waals surface area contributed by atoms with Crippen LogP contribution in [0, 0.1) is 6.92 Å². The van der Waals surface area contributed by atoms with Gasteiger partial charge in [-0.25, -0.2) is 26.2 Å². The molecule has 5 aromatic rings. The number of amides is 2. The molecular formula is C46H57Cl2N7O6S2. The number of aryl methyl sites for hydroxylation is 1. The van der Waals surface area contributed by atoms with Gasteiger partial charge in [-0.2, -0.15) is 0 Å². The molecule has 6 rings (SSSR count). The van der Waals surface area contributed by atoms with E-state index in [2.05, 4.69) is 32.0 Å². The number of fused-ring (bicyclic) bond motifs is 2. The number of sulfonamides is 2. The van der Waals surface area contributed by atoms with Gasteiger partial charge in [-0.05, 0) is 85.5 Å². The van der Waals surface area contributed by atoms with Crippen molar-refractivity contribution in [1.82, 2.24) is 19.7 Å². The van der Waals surface area contributed by atoms with Gasteiger partial charge in [0.1, 0.15) is 5.52 Å². The number of nitrogens with zero attached hydrogens (tertiary/aromatic N) is 4. The lowest BCUT2D eigenvalue weighted by atomic mass is 10.0. The van der Waals surface area contributed by atoms with Crippen LogP contribution in [0.4, 0.5) is 17.1 Å². The van der Waals surface area contributed by atoms with Gasteiger partial charge in [0.05, 0.1) is 36.7 Å². The van der Waals surface area contributed by atoms with Crippen molar-refractivity contribution in [2.75, 3.05) is 28.0 Å². The minimum Gasteiger partial charge on any atom is -0.322 e. The predicted molar refractivity (Wildman–Crippen MR) is 252 cm³/mol. The summed E-state index contributed by atoms with van der Waals surface area (Å²) in [6, 6.07) is 18.6. The van der Waals surface area contributed by atoms with E-state index in [1.54, 1.807) is 12.1 Å². The van der Waals surface area contributed by atoms with E-state index in [-0.39, 0.29) is 37.8 Å². The van der Waals surface area contributed by atoms with E-state index in [9.17, 15) is 26.4 Å². The number of benzene rings is 4. The summed E-state index contributed by atoms with van der Waals surface area (Å²) in [5, 5.41) is 11.1. The smallest absolute Gasteiger partial charge is 0.262 e. The van der Waals surface area contributed by atoms with Crippen LogP contribution in [0.15, 0.2) is 88.7 Å². The van der Waals surface area contributed by atoms with Crippen LogP contribution in [0.25, 0.3) is 11.0 Å². The van der Waals surface area contributed by atoms with Gasteiger partial charge < -0.3 is 10.2 Å². The number of aromatic nitrogens is 3. The first kappa shape index (κ1) is 47.9. The van der Waals surface area contributed by atoms with Crippen LogP contribution in [0.5, 0.6) is 0 Å². The number of carbonyl (C=O) groups excluding carboxylic acids is 2. The lowest BCUT2D eigenvalue weighted by Gasteiger charge is -2.24. The van der Waals surface area contributed by atoms with Crippen molar-refractivity contribution in [2.45, 2.75) is 126 Å². The fraction of sp³-hybridized carbons (Fsp3) is 0.435. The molecule has 17 heteroatoms. The largest absolute Gasteiger partial charge is 0.322 e. The highest BCUT2D eigenvalue weighted by atomic mass is 35.5. The van der Waals surface area contributed by atoms with E-state index >= 15 is 0 Å². The molecule has 1 aromatic heterocycles. The number of para-hydroxylation sites is 1. The molecule has 338 valence electrons. The minimum atomic E-state index is -4.44. The van der Waals surface area contributed by atoms with Crippen LogP contribution in [0.3, 0.4) is 0 Å². The number of unbranched alkanes of at least 4 members (excludes halogenated alkanes) is 13. The van der Waals surface area contributed by atoms with Crippen LogP contribution in [0.2, 0.25) is 10.0 Å². The average molecular weight is 939 g/mol. The third-order valence-corrected chi connectivity index (χ3v) is 14.8. The van der Waals surface area contributed by atoms with Crippen molar-refractivity contribution < 1.29 is 26.4 Å². The van der Waals surface area contributed by atoms with Crippen molar-refractivity contribution in [3.05, 3.63) is 100 Å². The molecule has 0 fully saturated rings. The van der Waals surface area contributed by atoms with Gasteiger partial charge in [0, 0.05) is 18.8 Å². The summed E-state index contributed by atoms with van der Waals surface area (Å²) in [6.45, 7) is 4.71. The van der Waals surface area contributed by atoms with E-state index in [1.807, 2.05) is 37.3 Å². The normalized spacial score (nSPS) is 13.3. The summed E-state index contributed by atoms with van der Waals surface area (Å²) >= 11 is 12.9. The van der Waals surface area contributed by atoms with Gasteiger partial charge in [-0.15, -0.1) is 5.10 Å². The second kappa shape index (κ2) is 22.4. The number of anilines is 3. The van der Waals surface area contributed by atoms with Gasteiger partial charge in [0.15, 0.2) is 0 Å². The Morgan fingerprint density at radius 3 is 1.97 bits per heavy atom. The minimum absolute atomic E-state index is 0.00455. The number of nitrogens with one attached hydrogen (secondary N) is 3. The van der Waals surface area contributed by atoms with Crippen molar-refractivity contribution in [2.24, 2.45) is 0 Å². The fourth-order valence-corrected chi connectivity index (χ4v) is 10.4. The molecule has 3 N–H and O–H groups in total. The highest BCUT2D eigenvalue weighted by molar-refractivity contribution is 7.92. The molecule has 0 spiro atoms. The second-order valence-electron chi connectivity index (χ2n) is 16.2. The van der Waals surface area contributed by atoms with E-state index in [0.717, 1.165) is 42.5 Å². The molecular weight excluding hydrogens is 882 g/mol. The maximum atomic E-state index is 14.4. The lowest BCUT2D eigenvalue weighted by molar-refractivity contribution is -0.130. The zero-order valence-corrected chi connectivity index (χ0v) is 39.1. The van der Waals surface area contributed by atoms with Crippen molar-refractivity contribution in [1.29, 1.82) is 0 Å². The second-order valence-corrected chi connectivity index (χ2v) is 20.4. The summed E-state index contributed by atoms with van der Waals surface area (Å²) in [7, 11) is -8.43. The van der Waals surface area contributed by atoms with Crippen LogP contribution < -0.4 is 19.7 Å². The van der Waals surface area contributed by atoms with Gasteiger partial charge >= 0.3 is 0 Å². The van der Waals surface area contributed by atoms with E-state index in [4.69, 9.17) is 23.2 Å². The summed E-state index contributed by atoms with van der Waals surface area (Å²) in [4.78, 5) is 29.7. The standard InChI is InChI=1S/C46H57Cl2N7O6S2/c1-3-4-5-6-7-8-9-10-11-12-13-14-15-18-28-49-62(58,59)35-22-25-38(48)40(32-35)52-63(60,61)36-23-24-37(47)39(31-36)50-45(56)44(55-43-26-21-33(2)30-41(43)51-53-55)46(57)54-29-27-34-19-16-17-20-42(34)54/h16-17,19-26,30-32,44,49,52H,3-15,18,27-29H2,1-2H3,(H,50,56). The Morgan fingerprint density at radius 1 is 0.714 bits per heavy atom. The van der Waals surface area contributed by atoms with Crippen molar-refractivity contribution in [3.63, 3.8) is 0 Å². The Morgan fingerprint density at radius 2 is 1.30 bits per heavy atom. The quantitative estimate of drug-likeness (QED) is 0.0405. The molecule has 0 bridgehead atoms. The van der Waals surface area contributed by atoms with Crippen LogP contribution >= 0.6 is 23.2 Å². The first-order valence-corrected chi connectivity index (χ1v) is 25.6. The molecule has 1 aliphatic rings. The average Bonchev–Trinajstić information content (AvgIpc) is 3.88. The first-order chi connectivity index (χ1) is 30.3. The molecule has 1 atom stereocenters. The highest BCUT2D eigenvalue weighted by Crippen LogP contribution is 2.34. The molecule has 0 aliphatic carbocycles. The van der Waals surface area contributed by atoms with Crippen molar-refractivity contribution in [3.8, 4) is 0 Å². The van der Waals surface area contributed by atoms with Gasteiger partial charge in [0.25, 0.3) is 21.8 Å². The summed E-state index contributed by atoms with van der Waals surface area (Å²) < 4.78 is 60.4. The van der Waals surface area contributed by atoms with Crippen LogP contribution in [-0.4, -0.2) is 56.7 Å². The number of halogens is 2. The van der Waals surface area contributed by atoms with Crippen LogP contribution in [-0.2, 0) is 36.1 Å². The zero-order chi connectivity index (χ0) is 45.0. The lowest BCUT2D eigenvalue weighted by Crippen LogP contribution is -2.42. The summed E-state index contributed by atoms with van der Waals surface area (Å²) in [6.07, 6.45) is 17.3. The van der Waals surface area contributed by atoms with E-state index < -0.39 is 37.9 Å². The molecule has 1 unspecified atom stereocenters. The third kappa shape index (κ3) is 12.6. The third-order valence-electron chi connectivity index (χ3n) is 11.3. The van der Waals surface area contributed by atoms with Gasteiger partial charge in [0.2, 0.25) is 16.1 Å². The topological polar surface area (TPSA) is 172 Å². The summed E-state index contributed by atoms with van der Waals surface area (Å²) in [5.74, 6) is -1.39. The number of hydrogen-bond donors (Lipinski definition) is 3.